The SMILES string of the molecule is COc1cccc(NC(=S)N2CCC[C@@H](C(F)(F)F)C2)c1. The molecule has 1 N–H and O–H groups in total. The van der Waals surface area contributed by atoms with E-state index >= 15 is 0 Å². The predicted octanol–water partition coefficient (Wildman–Crippen LogP) is 3.67. The second kappa shape index (κ2) is 6.51. The van der Waals surface area contributed by atoms with E-state index in [4.69, 9.17) is 17.0 Å². The lowest BCUT2D eigenvalue weighted by Crippen LogP contribution is -2.46. The molecule has 0 aliphatic carbocycles. The van der Waals surface area contributed by atoms with Crippen molar-refractivity contribution in [2.75, 3.05) is 25.5 Å². The van der Waals surface area contributed by atoms with Crippen molar-refractivity contribution in [3.63, 3.8) is 0 Å². The van der Waals surface area contributed by atoms with Gasteiger partial charge in [0.05, 0.1) is 13.0 Å². The molecule has 1 aliphatic heterocycles. The van der Waals surface area contributed by atoms with Gasteiger partial charge < -0.3 is 15.0 Å². The van der Waals surface area contributed by atoms with Gasteiger partial charge in [-0.1, -0.05) is 6.07 Å². The first-order valence-corrected chi connectivity index (χ1v) is 7.07. The van der Waals surface area contributed by atoms with E-state index in [0.717, 1.165) is 0 Å². The molecular formula is C14H17F3N2OS. The summed E-state index contributed by atoms with van der Waals surface area (Å²) in [6, 6.07) is 7.12. The zero-order valence-electron chi connectivity index (χ0n) is 11.6. The first-order valence-electron chi connectivity index (χ1n) is 6.67. The van der Waals surface area contributed by atoms with Gasteiger partial charge in [-0.15, -0.1) is 0 Å². The zero-order chi connectivity index (χ0) is 15.5. The molecule has 2 rings (SSSR count). The number of methoxy groups -OCH3 is 1. The third kappa shape index (κ3) is 4.23. The molecule has 1 atom stereocenters. The van der Waals surface area contributed by atoms with Crippen LogP contribution in [0.4, 0.5) is 18.9 Å². The summed E-state index contributed by atoms with van der Waals surface area (Å²) < 4.78 is 43.5. The Balaban J connectivity index is 1.99. The molecule has 116 valence electrons. The van der Waals surface area contributed by atoms with Crippen molar-refractivity contribution in [2.24, 2.45) is 5.92 Å². The quantitative estimate of drug-likeness (QED) is 0.841. The second-order valence-electron chi connectivity index (χ2n) is 4.99. The van der Waals surface area contributed by atoms with Gasteiger partial charge in [0.25, 0.3) is 0 Å². The van der Waals surface area contributed by atoms with Crippen molar-refractivity contribution >= 4 is 23.0 Å². The maximum Gasteiger partial charge on any atom is 0.393 e. The van der Waals surface area contributed by atoms with E-state index in [1.165, 1.54) is 0 Å². The fourth-order valence-electron chi connectivity index (χ4n) is 2.33. The topological polar surface area (TPSA) is 24.5 Å². The summed E-state index contributed by atoms with van der Waals surface area (Å²) in [7, 11) is 1.55. The number of ether oxygens (including phenoxy) is 1. The Morgan fingerprint density at radius 1 is 1.43 bits per heavy atom. The summed E-state index contributed by atoms with van der Waals surface area (Å²) in [6.45, 7) is 0.460. The lowest BCUT2D eigenvalue weighted by atomic mass is 9.98. The molecule has 0 bridgehead atoms. The maximum absolute atomic E-state index is 12.8. The van der Waals surface area contributed by atoms with E-state index in [-0.39, 0.29) is 13.0 Å². The summed E-state index contributed by atoms with van der Waals surface area (Å²) in [5, 5.41) is 3.29. The molecule has 0 unspecified atom stereocenters. The van der Waals surface area contributed by atoms with E-state index in [2.05, 4.69) is 5.32 Å². The highest BCUT2D eigenvalue weighted by Gasteiger charge is 2.42. The molecule has 0 amide bonds. The van der Waals surface area contributed by atoms with Crippen LogP contribution in [0.25, 0.3) is 0 Å². The number of rotatable bonds is 2. The molecule has 1 aromatic carbocycles. The fourth-order valence-corrected chi connectivity index (χ4v) is 2.62. The number of anilines is 1. The monoisotopic (exact) mass is 318 g/mol. The summed E-state index contributed by atoms with van der Waals surface area (Å²) in [4.78, 5) is 1.58. The minimum atomic E-state index is -4.16. The van der Waals surface area contributed by atoms with Gasteiger partial charge in [0, 0.05) is 24.8 Å². The summed E-state index contributed by atoms with van der Waals surface area (Å²) in [5.74, 6) is -0.647. The molecule has 7 heteroatoms. The third-order valence-corrected chi connectivity index (χ3v) is 3.85. The molecule has 0 saturated carbocycles. The Morgan fingerprint density at radius 3 is 2.86 bits per heavy atom. The molecule has 1 aromatic rings. The van der Waals surface area contributed by atoms with Crippen molar-refractivity contribution < 1.29 is 17.9 Å². The standard InChI is InChI=1S/C14H17F3N2OS/c1-20-12-6-2-5-11(8-12)18-13(21)19-7-3-4-10(9-19)14(15,16)17/h2,5-6,8,10H,3-4,7,9H2,1H3,(H,18,21)/t10-/m1/s1. The van der Waals surface area contributed by atoms with E-state index in [1.54, 1.807) is 36.3 Å². The number of halogens is 3. The van der Waals surface area contributed by atoms with Crippen LogP contribution >= 0.6 is 12.2 Å². The number of thiocarbonyl (C=S) groups is 1. The maximum atomic E-state index is 12.8. The number of alkyl halides is 3. The molecule has 3 nitrogen and oxygen atoms in total. The second-order valence-corrected chi connectivity index (χ2v) is 5.38. The minimum absolute atomic E-state index is 0.0840. The van der Waals surface area contributed by atoms with E-state index in [1.807, 2.05) is 0 Å². The van der Waals surface area contributed by atoms with Gasteiger partial charge in [0.1, 0.15) is 5.75 Å². The lowest BCUT2D eigenvalue weighted by molar-refractivity contribution is -0.183. The third-order valence-electron chi connectivity index (χ3n) is 3.49. The van der Waals surface area contributed by atoms with Crippen LogP contribution in [-0.2, 0) is 0 Å². The number of nitrogens with zero attached hydrogens (tertiary/aromatic N) is 1. The number of hydrogen-bond acceptors (Lipinski definition) is 2. The first kappa shape index (κ1) is 15.9. The molecule has 21 heavy (non-hydrogen) atoms. The van der Waals surface area contributed by atoms with Gasteiger partial charge in [-0.25, -0.2) is 0 Å². The Labute approximate surface area is 127 Å². The van der Waals surface area contributed by atoms with Crippen LogP contribution in [0, 0.1) is 5.92 Å². The lowest BCUT2D eigenvalue weighted by Gasteiger charge is -2.35. The van der Waals surface area contributed by atoms with Crippen LogP contribution in [0.3, 0.4) is 0 Å². The minimum Gasteiger partial charge on any atom is -0.497 e. The summed E-state index contributed by atoms with van der Waals surface area (Å²) in [5.41, 5.74) is 0.702. The van der Waals surface area contributed by atoms with E-state index < -0.39 is 12.1 Å². The van der Waals surface area contributed by atoms with Crippen molar-refractivity contribution in [3.8, 4) is 5.75 Å². The Hall–Kier alpha value is -1.50. The van der Waals surface area contributed by atoms with Crippen LogP contribution in [-0.4, -0.2) is 36.4 Å². The molecule has 1 fully saturated rings. The van der Waals surface area contributed by atoms with Crippen LogP contribution in [0.1, 0.15) is 12.8 Å². The smallest absolute Gasteiger partial charge is 0.393 e. The van der Waals surface area contributed by atoms with Gasteiger partial charge in [-0.3, -0.25) is 0 Å². The van der Waals surface area contributed by atoms with Crippen LogP contribution in [0.15, 0.2) is 24.3 Å². The highest BCUT2D eigenvalue weighted by atomic mass is 32.1. The van der Waals surface area contributed by atoms with Gasteiger partial charge in [0.15, 0.2) is 5.11 Å². The Kier molecular flexibility index (Phi) is 4.92. The number of nitrogens with one attached hydrogen (secondary N) is 1. The summed E-state index contributed by atoms with van der Waals surface area (Å²) in [6.07, 6.45) is -3.50. The van der Waals surface area contributed by atoms with E-state index in [9.17, 15) is 13.2 Å². The summed E-state index contributed by atoms with van der Waals surface area (Å²) >= 11 is 5.22. The van der Waals surface area contributed by atoms with Crippen molar-refractivity contribution in [2.45, 2.75) is 19.0 Å². The van der Waals surface area contributed by atoms with Crippen molar-refractivity contribution in [3.05, 3.63) is 24.3 Å². The predicted molar refractivity (Wildman–Crippen MR) is 79.6 cm³/mol. The number of hydrogen-bond donors (Lipinski definition) is 1. The largest absolute Gasteiger partial charge is 0.497 e. The van der Waals surface area contributed by atoms with Crippen LogP contribution in [0.5, 0.6) is 5.75 Å². The number of likely N-dealkylation sites (tertiary alicyclic amines) is 1. The molecule has 1 saturated heterocycles. The molecule has 1 heterocycles. The highest BCUT2D eigenvalue weighted by Crippen LogP contribution is 2.33. The van der Waals surface area contributed by atoms with Gasteiger partial charge in [-0.05, 0) is 37.2 Å². The molecule has 0 radical (unpaired) electrons. The highest BCUT2D eigenvalue weighted by molar-refractivity contribution is 7.80. The first-order chi connectivity index (χ1) is 9.90. The van der Waals surface area contributed by atoms with E-state index in [0.29, 0.717) is 29.5 Å². The van der Waals surface area contributed by atoms with Gasteiger partial charge in [-0.2, -0.15) is 13.2 Å². The number of benzene rings is 1. The molecule has 1 aliphatic rings. The number of piperidine rings is 1. The van der Waals surface area contributed by atoms with Gasteiger partial charge >= 0.3 is 6.18 Å². The van der Waals surface area contributed by atoms with Crippen LogP contribution < -0.4 is 10.1 Å². The van der Waals surface area contributed by atoms with Gasteiger partial charge in [0.2, 0.25) is 0 Å². The normalized spacial score (nSPS) is 19.2. The molecule has 0 aromatic heterocycles. The Bertz CT molecular complexity index is 507. The van der Waals surface area contributed by atoms with Crippen molar-refractivity contribution in [1.82, 2.24) is 4.90 Å². The van der Waals surface area contributed by atoms with Crippen molar-refractivity contribution in [1.29, 1.82) is 0 Å². The Morgan fingerprint density at radius 2 is 2.19 bits per heavy atom. The average Bonchev–Trinajstić information content (AvgIpc) is 2.46. The average molecular weight is 318 g/mol. The fraction of sp³-hybridized carbons (Fsp3) is 0.500. The molecule has 0 spiro atoms. The van der Waals surface area contributed by atoms with Crippen LogP contribution in [0.2, 0.25) is 0 Å². The molecular weight excluding hydrogens is 301 g/mol. The zero-order valence-corrected chi connectivity index (χ0v) is 12.4.